The van der Waals surface area contributed by atoms with Gasteiger partial charge in [0, 0.05) is 23.3 Å². The fraction of sp³-hybridized carbons (Fsp3) is 0.500. The molecule has 0 spiro atoms. The second kappa shape index (κ2) is 7.59. The quantitative estimate of drug-likeness (QED) is 0.673. The molecule has 4 nitrogen and oxygen atoms in total. The maximum absolute atomic E-state index is 13.7. The van der Waals surface area contributed by atoms with E-state index in [2.05, 4.69) is 20.8 Å². The van der Waals surface area contributed by atoms with Crippen molar-refractivity contribution < 1.29 is 17.5 Å². The van der Waals surface area contributed by atoms with Gasteiger partial charge in [0.1, 0.15) is 23.1 Å². The van der Waals surface area contributed by atoms with E-state index >= 15 is 0 Å². The monoisotopic (exact) mass is 387 g/mol. The first-order chi connectivity index (χ1) is 9.29. The number of halogens is 3. The average molecular weight is 389 g/mol. The van der Waals surface area contributed by atoms with Crippen LogP contribution >= 0.6 is 26.6 Å². The maximum Gasteiger partial charge on any atom is 0.264 e. The third-order valence-electron chi connectivity index (χ3n) is 2.81. The first-order valence-electron chi connectivity index (χ1n) is 6.08. The third kappa shape index (κ3) is 4.87. The number of benzene rings is 1. The van der Waals surface area contributed by atoms with Gasteiger partial charge in [-0.25, -0.2) is 12.8 Å². The SMILES string of the molecule is CCN(CC)CCOc1cc(F)c(S(=O)(=O)Cl)cc1Br. The number of hydrogen-bond donors (Lipinski definition) is 0. The highest BCUT2D eigenvalue weighted by Gasteiger charge is 2.19. The Balaban J connectivity index is 2.81. The van der Waals surface area contributed by atoms with Crippen LogP contribution in [-0.2, 0) is 9.05 Å². The van der Waals surface area contributed by atoms with Crippen molar-refractivity contribution in [1.29, 1.82) is 0 Å². The van der Waals surface area contributed by atoms with E-state index < -0.39 is 19.8 Å². The van der Waals surface area contributed by atoms with Gasteiger partial charge in [0.15, 0.2) is 0 Å². The number of nitrogens with zero attached hydrogens (tertiary/aromatic N) is 1. The van der Waals surface area contributed by atoms with Crippen LogP contribution in [0.4, 0.5) is 4.39 Å². The lowest BCUT2D eigenvalue weighted by atomic mass is 10.3. The second-order valence-electron chi connectivity index (χ2n) is 4.03. The first kappa shape index (κ1) is 17.7. The van der Waals surface area contributed by atoms with Crippen LogP contribution in [-0.4, -0.2) is 39.6 Å². The van der Waals surface area contributed by atoms with E-state index in [0.717, 1.165) is 25.2 Å². The predicted octanol–water partition coefficient (Wildman–Crippen LogP) is 3.24. The Hall–Kier alpha value is -0.370. The lowest BCUT2D eigenvalue weighted by molar-refractivity contribution is 0.221. The van der Waals surface area contributed by atoms with Gasteiger partial charge < -0.3 is 9.64 Å². The van der Waals surface area contributed by atoms with E-state index in [0.29, 0.717) is 17.6 Å². The number of rotatable bonds is 7. The van der Waals surface area contributed by atoms with Crippen molar-refractivity contribution in [2.45, 2.75) is 18.7 Å². The Morgan fingerprint density at radius 1 is 1.35 bits per heavy atom. The molecule has 0 amide bonds. The molecule has 0 saturated carbocycles. The molecule has 0 aliphatic heterocycles. The molecule has 0 aromatic heterocycles. The highest BCUT2D eigenvalue weighted by molar-refractivity contribution is 9.10. The number of hydrogen-bond acceptors (Lipinski definition) is 4. The van der Waals surface area contributed by atoms with Gasteiger partial charge in [-0.15, -0.1) is 0 Å². The Morgan fingerprint density at radius 3 is 2.45 bits per heavy atom. The molecule has 0 fully saturated rings. The van der Waals surface area contributed by atoms with Crippen LogP contribution in [0.15, 0.2) is 21.5 Å². The van der Waals surface area contributed by atoms with E-state index in [9.17, 15) is 12.8 Å². The van der Waals surface area contributed by atoms with E-state index in [1.54, 1.807) is 0 Å². The van der Waals surface area contributed by atoms with Gasteiger partial charge in [-0.3, -0.25) is 0 Å². The standard InChI is InChI=1S/C12H16BrClFNO3S/c1-3-16(4-2)5-6-19-11-8-10(15)12(7-9(11)13)20(14,17)18/h7-8H,3-6H2,1-2H3. The molecule has 0 unspecified atom stereocenters. The Labute approximate surface area is 131 Å². The highest BCUT2D eigenvalue weighted by atomic mass is 79.9. The third-order valence-corrected chi connectivity index (χ3v) is 4.77. The number of likely N-dealkylation sites (N-methyl/N-ethyl adjacent to an activating group) is 1. The molecule has 1 aromatic rings. The molecule has 0 saturated heterocycles. The molecule has 1 aromatic carbocycles. The summed E-state index contributed by atoms with van der Waals surface area (Å²) in [5.41, 5.74) is 0. The predicted molar refractivity (Wildman–Crippen MR) is 80.4 cm³/mol. The summed E-state index contributed by atoms with van der Waals surface area (Å²) in [5.74, 6) is -0.681. The Morgan fingerprint density at radius 2 is 1.95 bits per heavy atom. The molecule has 0 bridgehead atoms. The van der Waals surface area contributed by atoms with Crippen LogP contribution in [0, 0.1) is 5.82 Å². The topological polar surface area (TPSA) is 46.6 Å². The van der Waals surface area contributed by atoms with Crippen molar-refractivity contribution in [3.63, 3.8) is 0 Å². The van der Waals surface area contributed by atoms with E-state index in [1.165, 1.54) is 0 Å². The van der Waals surface area contributed by atoms with Crippen molar-refractivity contribution in [2.75, 3.05) is 26.2 Å². The van der Waals surface area contributed by atoms with Gasteiger partial charge in [0.25, 0.3) is 9.05 Å². The molecule has 0 aliphatic rings. The fourth-order valence-electron chi connectivity index (χ4n) is 1.63. The number of ether oxygens (including phenoxy) is 1. The van der Waals surface area contributed by atoms with Crippen molar-refractivity contribution >= 4 is 35.7 Å². The normalized spacial score (nSPS) is 11.9. The Kier molecular flexibility index (Phi) is 6.71. The van der Waals surface area contributed by atoms with Crippen LogP contribution in [0.5, 0.6) is 5.75 Å². The van der Waals surface area contributed by atoms with Crippen LogP contribution in [0.2, 0.25) is 0 Å². The fourth-order valence-corrected chi connectivity index (χ4v) is 3.15. The van der Waals surface area contributed by atoms with Crippen LogP contribution in [0.1, 0.15) is 13.8 Å². The average Bonchev–Trinajstić information content (AvgIpc) is 2.36. The maximum atomic E-state index is 13.7. The highest BCUT2D eigenvalue weighted by Crippen LogP contribution is 2.31. The molecule has 8 heteroatoms. The zero-order valence-corrected chi connectivity index (χ0v) is 14.4. The van der Waals surface area contributed by atoms with Gasteiger partial charge >= 0.3 is 0 Å². The van der Waals surface area contributed by atoms with Gasteiger partial charge in [0.2, 0.25) is 0 Å². The van der Waals surface area contributed by atoms with Crippen LogP contribution < -0.4 is 4.74 Å². The molecule has 1 rings (SSSR count). The molecule has 0 radical (unpaired) electrons. The van der Waals surface area contributed by atoms with E-state index in [4.69, 9.17) is 15.4 Å². The summed E-state index contributed by atoms with van der Waals surface area (Å²) in [5, 5.41) is 0. The summed E-state index contributed by atoms with van der Waals surface area (Å²) < 4.78 is 41.8. The minimum Gasteiger partial charge on any atom is -0.491 e. The molecular weight excluding hydrogens is 373 g/mol. The zero-order valence-electron chi connectivity index (χ0n) is 11.2. The van der Waals surface area contributed by atoms with Crippen molar-refractivity contribution in [1.82, 2.24) is 4.90 Å². The van der Waals surface area contributed by atoms with Crippen molar-refractivity contribution in [3.8, 4) is 5.75 Å². The molecule has 20 heavy (non-hydrogen) atoms. The summed E-state index contributed by atoms with van der Waals surface area (Å²) >= 11 is 3.15. The molecule has 0 atom stereocenters. The minimum atomic E-state index is -4.11. The summed E-state index contributed by atoms with van der Waals surface area (Å²) in [6, 6.07) is 2.12. The van der Waals surface area contributed by atoms with E-state index in [-0.39, 0.29) is 5.75 Å². The smallest absolute Gasteiger partial charge is 0.264 e. The van der Waals surface area contributed by atoms with Gasteiger partial charge in [-0.2, -0.15) is 0 Å². The summed E-state index contributed by atoms with van der Waals surface area (Å²) in [4.78, 5) is 1.59. The molecule has 0 aliphatic carbocycles. The molecule has 114 valence electrons. The van der Waals surface area contributed by atoms with Gasteiger partial charge in [0.05, 0.1) is 4.47 Å². The van der Waals surface area contributed by atoms with Gasteiger partial charge in [-0.05, 0) is 35.1 Å². The molecule has 0 heterocycles. The van der Waals surface area contributed by atoms with Crippen molar-refractivity contribution in [2.24, 2.45) is 0 Å². The Bertz CT molecular complexity index is 564. The largest absolute Gasteiger partial charge is 0.491 e. The van der Waals surface area contributed by atoms with Crippen LogP contribution in [0.3, 0.4) is 0 Å². The summed E-state index contributed by atoms with van der Waals surface area (Å²) in [7, 11) is 1.02. The van der Waals surface area contributed by atoms with E-state index in [1.807, 2.05) is 13.8 Å². The zero-order chi connectivity index (χ0) is 15.3. The molecule has 0 N–H and O–H groups in total. The van der Waals surface area contributed by atoms with Crippen LogP contribution in [0.25, 0.3) is 0 Å². The molecular formula is C12H16BrClFNO3S. The minimum absolute atomic E-state index is 0.249. The lowest BCUT2D eigenvalue weighted by Gasteiger charge is -2.18. The van der Waals surface area contributed by atoms with Gasteiger partial charge in [-0.1, -0.05) is 13.8 Å². The lowest BCUT2D eigenvalue weighted by Crippen LogP contribution is -2.27. The van der Waals surface area contributed by atoms with Crippen molar-refractivity contribution in [3.05, 3.63) is 22.4 Å². The first-order valence-corrected chi connectivity index (χ1v) is 9.18. The summed E-state index contributed by atoms with van der Waals surface area (Å²) in [6.45, 7) is 6.97. The second-order valence-corrected chi connectivity index (χ2v) is 7.41. The summed E-state index contributed by atoms with van der Waals surface area (Å²) in [6.07, 6.45) is 0.